The van der Waals surface area contributed by atoms with E-state index >= 15 is 0 Å². The van der Waals surface area contributed by atoms with E-state index < -0.39 is 22.0 Å². The first-order valence-corrected chi connectivity index (χ1v) is 12.2. The molecular weight excluding hydrogens is 460 g/mol. The van der Waals surface area contributed by atoms with Crippen LogP contribution >= 0.6 is 11.7 Å². The monoisotopic (exact) mass is 480 g/mol. The van der Waals surface area contributed by atoms with Crippen LogP contribution in [-0.4, -0.2) is 34.9 Å². The Morgan fingerprint density at radius 3 is 2.48 bits per heavy atom. The molecular formula is C23H20N4O4S2. The molecule has 33 heavy (non-hydrogen) atoms. The molecule has 168 valence electrons. The summed E-state index contributed by atoms with van der Waals surface area (Å²) in [5.41, 5.74) is 2.34. The Morgan fingerprint density at radius 2 is 1.73 bits per heavy atom. The number of anilines is 1. The van der Waals surface area contributed by atoms with Crippen molar-refractivity contribution in [2.45, 2.75) is 24.3 Å². The van der Waals surface area contributed by atoms with Gasteiger partial charge in [0.25, 0.3) is 0 Å². The molecule has 2 N–H and O–H groups in total. The van der Waals surface area contributed by atoms with Crippen LogP contribution in [0.2, 0.25) is 0 Å². The van der Waals surface area contributed by atoms with Crippen LogP contribution in [0.1, 0.15) is 22.8 Å². The maximum absolute atomic E-state index is 13.2. The van der Waals surface area contributed by atoms with Crippen LogP contribution in [-0.2, 0) is 21.2 Å². The summed E-state index contributed by atoms with van der Waals surface area (Å²) in [6.07, 6.45) is 0.129. The quantitative estimate of drug-likeness (QED) is 0.373. The van der Waals surface area contributed by atoms with Crippen LogP contribution in [0.4, 0.5) is 5.69 Å². The summed E-state index contributed by atoms with van der Waals surface area (Å²) >= 11 is 0.917. The fraction of sp³-hybridized carbons (Fsp3) is 0.130. The maximum Gasteiger partial charge on any atom is 0.243 e. The van der Waals surface area contributed by atoms with E-state index in [1.165, 1.54) is 13.0 Å². The third-order valence-corrected chi connectivity index (χ3v) is 7.02. The Balaban J connectivity index is 1.64. The van der Waals surface area contributed by atoms with E-state index in [1.54, 1.807) is 36.4 Å². The zero-order valence-corrected chi connectivity index (χ0v) is 19.2. The summed E-state index contributed by atoms with van der Waals surface area (Å²) in [5.74, 6) is -0.690. The second kappa shape index (κ2) is 9.57. The van der Waals surface area contributed by atoms with Crippen molar-refractivity contribution < 1.29 is 18.0 Å². The molecule has 0 aliphatic rings. The van der Waals surface area contributed by atoms with Crippen molar-refractivity contribution in [3.05, 3.63) is 83.9 Å². The van der Waals surface area contributed by atoms with Gasteiger partial charge in [0.15, 0.2) is 5.78 Å². The van der Waals surface area contributed by atoms with Crippen molar-refractivity contribution in [3.8, 4) is 0 Å². The zero-order valence-electron chi connectivity index (χ0n) is 17.6. The Bertz CT molecular complexity index is 1420. The topological polar surface area (TPSA) is 118 Å². The minimum atomic E-state index is -4.10. The number of hydrogen-bond acceptors (Lipinski definition) is 7. The average Bonchev–Trinajstić information content (AvgIpc) is 3.28. The van der Waals surface area contributed by atoms with Crippen LogP contribution in [0, 0.1) is 0 Å². The van der Waals surface area contributed by atoms with Crippen LogP contribution in [0.3, 0.4) is 0 Å². The summed E-state index contributed by atoms with van der Waals surface area (Å²) in [4.78, 5) is 24.8. The van der Waals surface area contributed by atoms with E-state index in [-0.39, 0.29) is 22.6 Å². The van der Waals surface area contributed by atoms with Crippen molar-refractivity contribution in [3.63, 3.8) is 0 Å². The number of nitrogens with zero attached hydrogens (tertiary/aromatic N) is 2. The minimum Gasteiger partial charge on any atom is -0.325 e. The molecule has 1 amide bonds. The summed E-state index contributed by atoms with van der Waals surface area (Å²) in [6, 6.07) is 19.2. The second-order valence-electron chi connectivity index (χ2n) is 7.38. The van der Waals surface area contributed by atoms with Crippen LogP contribution in [0.5, 0.6) is 0 Å². The molecule has 4 rings (SSSR count). The summed E-state index contributed by atoms with van der Waals surface area (Å²) in [7, 11) is -4.10. The van der Waals surface area contributed by atoms with Gasteiger partial charge >= 0.3 is 0 Å². The molecule has 0 aliphatic carbocycles. The molecule has 0 spiro atoms. The summed E-state index contributed by atoms with van der Waals surface area (Å²) < 4.78 is 37.2. The second-order valence-corrected chi connectivity index (χ2v) is 9.59. The highest BCUT2D eigenvalue weighted by atomic mass is 32.2. The van der Waals surface area contributed by atoms with E-state index in [1.807, 2.05) is 30.3 Å². The fourth-order valence-electron chi connectivity index (χ4n) is 3.33. The number of amides is 1. The molecule has 0 aliphatic heterocycles. The number of Topliss-reactive ketones (excluding diaryl/α,β-unsaturated/α-hetero) is 1. The van der Waals surface area contributed by atoms with Crippen molar-refractivity contribution in [1.82, 2.24) is 13.5 Å². The normalized spacial score (nSPS) is 12.4. The number of sulfonamides is 1. The van der Waals surface area contributed by atoms with Crippen LogP contribution < -0.4 is 10.0 Å². The SMILES string of the molecule is CC(=O)c1cccc(NC(=O)[C@@H](Cc2ccccc2)NS(=O)(=O)c2cccc3nsnc23)c1. The van der Waals surface area contributed by atoms with Crippen molar-refractivity contribution in [2.24, 2.45) is 0 Å². The van der Waals surface area contributed by atoms with E-state index in [4.69, 9.17) is 0 Å². The number of ketones is 1. The predicted octanol–water partition coefficient (Wildman–Crippen LogP) is 3.42. The Labute approximate surface area is 195 Å². The molecule has 0 fully saturated rings. The lowest BCUT2D eigenvalue weighted by atomic mass is 10.1. The number of nitrogens with one attached hydrogen (secondary N) is 2. The number of rotatable bonds is 8. The molecule has 0 saturated heterocycles. The Kier molecular flexibility index (Phi) is 6.59. The van der Waals surface area contributed by atoms with Gasteiger partial charge in [0.1, 0.15) is 22.0 Å². The predicted molar refractivity (Wildman–Crippen MR) is 127 cm³/mol. The first-order valence-electron chi connectivity index (χ1n) is 10.0. The van der Waals surface area contributed by atoms with Gasteiger partial charge in [-0.1, -0.05) is 48.5 Å². The highest BCUT2D eigenvalue weighted by Gasteiger charge is 2.28. The number of hydrogen-bond donors (Lipinski definition) is 2. The molecule has 8 nitrogen and oxygen atoms in total. The van der Waals surface area contributed by atoms with E-state index in [0.717, 1.165) is 17.3 Å². The molecule has 3 aromatic carbocycles. The van der Waals surface area contributed by atoms with Gasteiger partial charge in [-0.15, -0.1) is 0 Å². The molecule has 0 radical (unpaired) electrons. The van der Waals surface area contributed by atoms with Gasteiger partial charge in [-0.2, -0.15) is 13.5 Å². The number of aromatic nitrogens is 2. The standard InChI is InChI=1S/C23H20N4O4S2/c1-15(28)17-9-5-10-18(14-17)24-23(29)20(13-16-7-3-2-4-8-16)27-33(30,31)21-12-6-11-19-22(21)26-32-25-19/h2-12,14,20,27H,13H2,1H3,(H,24,29)/t20-/m1/s1. The smallest absolute Gasteiger partial charge is 0.243 e. The van der Waals surface area contributed by atoms with E-state index in [9.17, 15) is 18.0 Å². The molecule has 1 atom stereocenters. The first-order chi connectivity index (χ1) is 15.8. The minimum absolute atomic E-state index is 0.0433. The number of carbonyl (C=O) groups excluding carboxylic acids is 2. The lowest BCUT2D eigenvalue weighted by Gasteiger charge is -2.19. The highest BCUT2D eigenvalue weighted by molar-refractivity contribution is 7.89. The zero-order chi connectivity index (χ0) is 23.4. The fourth-order valence-corrected chi connectivity index (χ4v) is 5.29. The molecule has 1 heterocycles. The molecule has 1 aromatic heterocycles. The molecule has 0 bridgehead atoms. The lowest BCUT2D eigenvalue weighted by molar-refractivity contribution is -0.117. The van der Waals surface area contributed by atoms with Gasteiger partial charge < -0.3 is 5.32 Å². The lowest BCUT2D eigenvalue weighted by Crippen LogP contribution is -2.45. The third-order valence-electron chi connectivity index (χ3n) is 4.97. The molecule has 0 saturated carbocycles. The Morgan fingerprint density at radius 1 is 0.970 bits per heavy atom. The van der Waals surface area contributed by atoms with E-state index in [2.05, 4.69) is 18.8 Å². The molecule has 0 unspecified atom stereocenters. The van der Waals surface area contributed by atoms with Crippen molar-refractivity contribution in [2.75, 3.05) is 5.32 Å². The van der Waals surface area contributed by atoms with Gasteiger partial charge in [-0.25, -0.2) is 8.42 Å². The number of fused-ring (bicyclic) bond motifs is 1. The highest BCUT2D eigenvalue weighted by Crippen LogP contribution is 2.22. The Hall–Kier alpha value is -3.47. The summed E-state index contributed by atoms with van der Waals surface area (Å²) in [6.45, 7) is 1.43. The number of benzene rings is 3. The van der Waals surface area contributed by atoms with Gasteiger partial charge in [-0.05, 0) is 43.2 Å². The molecule has 4 aromatic rings. The van der Waals surface area contributed by atoms with Gasteiger partial charge in [0.05, 0.1) is 11.7 Å². The maximum atomic E-state index is 13.2. The first kappa shape index (κ1) is 22.7. The van der Waals surface area contributed by atoms with Crippen LogP contribution in [0.25, 0.3) is 11.0 Å². The van der Waals surface area contributed by atoms with Crippen molar-refractivity contribution >= 4 is 50.2 Å². The van der Waals surface area contributed by atoms with Gasteiger partial charge in [-0.3, -0.25) is 9.59 Å². The van der Waals surface area contributed by atoms with Crippen molar-refractivity contribution in [1.29, 1.82) is 0 Å². The van der Waals surface area contributed by atoms with Gasteiger partial charge in [0.2, 0.25) is 15.9 Å². The van der Waals surface area contributed by atoms with Crippen LogP contribution in [0.15, 0.2) is 77.7 Å². The average molecular weight is 481 g/mol. The molecule has 10 heteroatoms. The third kappa shape index (κ3) is 5.30. The van der Waals surface area contributed by atoms with E-state index in [0.29, 0.717) is 16.8 Å². The number of carbonyl (C=O) groups is 2. The largest absolute Gasteiger partial charge is 0.325 e. The summed E-state index contributed by atoms with van der Waals surface area (Å²) in [5, 5.41) is 2.72. The van der Waals surface area contributed by atoms with Gasteiger partial charge in [0, 0.05) is 11.3 Å².